The molecule has 1 fully saturated rings. The predicted octanol–water partition coefficient (Wildman–Crippen LogP) is 2.25. The number of hydrogen-bond donors (Lipinski definition) is 1. The second-order valence-corrected chi connectivity index (χ2v) is 4.60. The fourth-order valence-electron chi connectivity index (χ4n) is 2.79. The van der Waals surface area contributed by atoms with Crippen LogP contribution in [0.1, 0.15) is 31.2 Å². The summed E-state index contributed by atoms with van der Waals surface area (Å²) in [4.78, 5) is 12.2. The molecule has 1 aromatic carbocycles. The van der Waals surface area contributed by atoms with Crippen LogP contribution < -0.4 is 10.1 Å². The average molecular weight is 233 g/mol. The Bertz CT molecular complexity index is 408. The first-order chi connectivity index (χ1) is 8.23. The predicted molar refractivity (Wildman–Crippen MR) is 67.2 cm³/mol. The monoisotopic (exact) mass is 233 g/mol. The number of benzene rings is 1. The molecule has 17 heavy (non-hydrogen) atoms. The van der Waals surface area contributed by atoms with Crippen LogP contribution in [0.5, 0.6) is 5.75 Å². The zero-order valence-corrected chi connectivity index (χ0v) is 10.5. The standard InChI is InChI=1S/C14H19NO2/c1-15-13(16)14(8-3-4-9-14)11-6-5-7-12(10-11)17-2/h5-7,10H,3-4,8-9H2,1-2H3,(H,15,16). The molecule has 1 saturated carbocycles. The quantitative estimate of drug-likeness (QED) is 0.869. The van der Waals surface area contributed by atoms with E-state index >= 15 is 0 Å². The van der Waals surface area contributed by atoms with Gasteiger partial charge in [-0.3, -0.25) is 4.79 Å². The van der Waals surface area contributed by atoms with Crippen LogP contribution in [0, 0.1) is 0 Å². The first-order valence-corrected chi connectivity index (χ1v) is 6.09. The highest BCUT2D eigenvalue weighted by Gasteiger charge is 2.42. The Kier molecular flexibility index (Phi) is 3.36. The molecule has 1 aromatic rings. The molecule has 0 aromatic heterocycles. The topological polar surface area (TPSA) is 38.3 Å². The van der Waals surface area contributed by atoms with Gasteiger partial charge in [-0.25, -0.2) is 0 Å². The smallest absolute Gasteiger partial charge is 0.230 e. The summed E-state index contributed by atoms with van der Waals surface area (Å²) in [5.41, 5.74) is 0.734. The molecular formula is C14H19NO2. The summed E-state index contributed by atoms with van der Waals surface area (Å²) in [6.07, 6.45) is 4.09. The van der Waals surface area contributed by atoms with Gasteiger partial charge in [0.15, 0.2) is 0 Å². The Labute approximate surface area is 102 Å². The van der Waals surface area contributed by atoms with Gasteiger partial charge < -0.3 is 10.1 Å². The van der Waals surface area contributed by atoms with Crippen molar-refractivity contribution in [2.75, 3.05) is 14.2 Å². The summed E-state index contributed by atoms with van der Waals surface area (Å²) in [6.45, 7) is 0. The van der Waals surface area contributed by atoms with Gasteiger partial charge in [0.25, 0.3) is 0 Å². The highest BCUT2D eigenvalue weighted by atomic mass is 16.5. The molecule has 0 saturated heterocycles. The normalized spacial score (nSPS) is 17.8. The van der Waals surface area contributed by atoms with Gasteiger partial charge in [0.1, 0.15) is 5.75 Å². The minimum absolute atomic E-state index is 0.128. The van der Waals surface area contributed by atoms with Crippen molar-refractivity contribution in [3.8, 4) is 5.75 Å². The molecule has 0 heterocycles. The number of hydrogen-bond acceptors (Lipinski definition) is 2. The van der Waals surface area contributed by atoms with Gasteiger partial charge in [-0.15, -0.1) is 0 Å². The van der Waals surface area contributed by atoms with Crippen LogP contribution in [-0.4, -0.2) is 20.1 Å². The van der Waals surface area contributed by atoms with Crippen LogP contribution in [0.15, 0.2) is 24.3 Å². The molecule has 0 unspecified atom stereocenters. The Morgan fingerprint density at radius 1 is 1.35 bits per heavy atom. The summed E-state index contributed by atoms with van der Waals surface area (Å²) in [6, 6.07) is 7.89. The fourth-order valence-corrected chi connectivity index (χ4v) is 2.79. The summed E-state index contributed by atoms with van der Waals surface area (Å²) >= 11 is 0. The minimum atomic E-state index is -0.344. The van der Waals surface area contributed by atoms with E-state index in [9.17, 15) is 4.79 Å². The second-order valence-electron chi connectivity index (χ2n) is 4.60. The molecule has 2 rings (SSSR count). The van der Waals surface area contributed by atoms with Gasteiger partial charge >= 0.3 is 0 Å². The van der Waals surface area contributed by atoms with Crippen molar-refractivity contribution >= 4 is 5.91 Å². The summed E-state index contributed by atoms with van der Waals surface area (Å²) in [7, 11) is 3.36. The summed E-state index contributed by atoms with van der Waals surface area (Å²) in [5.74, 6) is 0.945. The van der Waals surface area contributed by atoms with Crippen LogP contribution in [0.4, 0.5) is 0 Å². The van der Waals surface area contributed by atoms with E-state index in [0.717, 1.165) is 37.0 Å². The molecule has 0 atom stereocenters. The first kappa shape index (κ1) is 12.0. The van der Waals surface area contributed by atoms with Crippen molar-refractivity contribution in [1.29, 1.82) is 0 Å². The van der Waals surface area contributed by atoms with Crippen molar-refractivity contribution in [2.45, 2.75) is 31.1 Å². The van der Waals surface area contributed by atoms with Crippen molar-refractivity contribution in [3.63, 3.8) is 0 Å². The molecule has 1 aliphatic rings. The number of nitrogens with one attached hydrogen (secondary N) is 1. The largest absolute Gasteiger partial charge is 0.497 e. The van der Waals surface area contributed by atoms with E-state index in [1.807, 2.05) is 24.3 Å². The van der Waals surface area contributed by atoms with E-state index in [1.165, 1.54) is 0 Å². The first-order valence-electron chi connectivity index (χ1n) is 6.09. The minimum Gasteiger partial charge on any atom is -0.497 e. The lowest BCUT2D eigenvalue weighted by Crippen LogP contribution is -2.40. The number of carbonyl (C=O) groups excluding carboxylic acids is 1. The van der Waals surface area contributed by atoms with E-state index in [0.29, 0.717) is 0 Å². The molecule has 0 spiro atoms. The molecule has 1 aliphatic carbocycles. The maximum Gasteiger partial charge on any atom is 0.230 e. The lowest BCUT2D eigenvalue weighted by Gasteiger charge is -2.27. The third kappa shape index (κ3) is 2.02. The maximum atomic E-state index is 12.2. The van der Waals surface area contributed by atoms with Crippen molar-refractivity contribution in [1.82, 2.24) is 5.32 Å². The summed E-state index contributed by atoms with van der Waals surface area (Å²) in [5, 5.41) is 2.80. The Balaban J connectivity index is 2.42. The van der Waals surface area contributed by atoms with E-state index in [1.54, 1.807) is 14.2 Å². The van der Waals surface area contributed by atoms with Gasteiger partial charge in [-0.1, -0.05) is 25.0 Å². The second kappa shape index (κ2) is 4.78. The molecule has 3 heteroatoms. The van der Waals surface area contributed by atoms with Crippen LogP contribution in [0.25, 0.3) is 0 Å². The zero-order valence-electron chi connectivity index (χ0n) is 10.5. The van der Waals surface area contributed by atoms with Crippen LogP contribution in [0.3, 0.4) is 0 Å². The maximum absolute atomic E-state index is 12.2. The molecule has 1 amide bonds. The number of methoxy groups -OCH3 is 1. The Morgan fingerprint density at radius 3 is 2.65 bits per heavy atom. The Hall–Kier alpha value is -1.51. The molecule has 92 valence electrons. The van der Waals surface area contributed by atoms with Gasteiger partial charge in [-0.05, 0) is 30.5 Å². The van der Waals surface area contributed by atoms with Crippen molar-refractivity contribution in [2.24, 2.45) is 0 Å². The zero-order chi connectivity index (χ0) is 12.3. The molecular weight excluding hydrogens is 214 g/mol. The number of amides is 1. The average Bonchev–Trinajstić information content (AvgIpc) is 2.88. The SMILES string of the molecule is CNC(=O)C1(c2cccc(OC)c2)CCCC1. The number of rotatable bonds is 3. The molecule has 0 radical (unpaired) electrons. The molecule has 0 aliphatic heterocycles. The number of carbonyl (C=O) groups is 1. The highest BCUT2D eigenvalue weighted by molar-refractivity contribution is 5.88. The van der Waals surface area contributed by atoms with Gasteiger partial charge in [0.05, 0.1) is 12.5 Å². The lowest BCUT2D eigenvalue weighted by molar-refractivity contribution is -0.126. The van der Waals surface area contributed by atoms with Crippen molar-refractivity contribution < 1.29 is 9.53 Å². The Morgan fingerprint density at radius 2 is 2.06 bits per heavy atom. The van der Waals surface area contributed by atoms with Crippen LogP contribution in [0.2, 0.25) is 0 Å². The van der Waals surface area contributed by atoms with Gasteiger partial charge in [0, 0.05) is 7.05 Å². The summed E-state index contributed by atoms with van der Waals surface area (Å²) < 4.78 is 5.24. The van der Waals surface area contributed by atoms with Crippen molar-refractivity contribution in [3.05, 3.63) is 29.8 Å². The molecule has 1 N–H and O–H groups in total. The third-order valence-electron chi connectivity index (χ3n) is 3.74. The number of likely N-dealkylation sites (N-methyl/N-ethyl adjacent to an activating group) is 1. The third-order valence-corrected chi connectivity index (χ3v) is 3.74. The fraction of sp³-hybridized carbons (Fsp3) is 0.500. The van der Waals surface area contributed by atoms with Gasteiger partial charge in [-0.2, -0.15) is 0 Å². The van der Waals surface area contributed by atoms with Crippen LogP contribution in [-0.2, 0) is 10.2 Å². The van der Waals surface area contributed by atoms with Crippen LogP contribution >= 0.6 is 0 Å². The van der Waals surface area contributed by atoms with E-state index in [-0.39, 0.29) is 11.3 Å². The van der Waals surface area contributed by atoms with E-state index < -0.39 is 0 Å². The van der Waals surface area contributed by atoms with E-state index in [4.69, 9.17) is 4.74 Å². The lowest BCUT2D eigenvalue weighted by atomic mass is 9.78. The van der Waals surface area contributed by atoms with E-state index in [2.05, 4.69) is 5.32 Å². The highest BCUT2D eigenvalue weighted by Crippen LogP contribution is 2.42. The number of ether oxygens (including phenoxy) is 1. The molecule has 3 nitrogen and oxygen atoms in total. The molecule has 0 bridgehead atoms. The van der Waals surface area contributed by atoms with Gasteiger partial charge in [0.2, 0.25) is 5.91 Å².